The molecule has 1 fully saturated rings. The van der Waals surface area contributed by atoms with Crippen LogP contribution in [0.2, 0.25) is 0 Å². The van der Waals surface area contributed by atoms with Crippen molar-refractivity contribution in [3.8, 4) is 0 Å². The number of hydrogen-bond donors (Lipinski definition) is 2. The number of rotatable bonds is 6. The minimum absolute atomic E-state index is 0.118. The molecule has 0 heterocycles. The molecule has 0 radical (unpaired) electrons. The van der Waals surface area contributed by atoms with Crippen LogP contribution < -0.4 is 0 Å². The van der Waals surface area contributed by atoms with Crippen LogP contribution in [-0.2, 0) is 4.79 Å². The molecule has 4 atom stereocenters. The lowest BCUT2D eigenvalue weighted by Gasteiger charge is -2.13. The molecule has 0 spiro atoms. The van der Waals surface area contributed by atoms with Crippen LogP contribution in [0.4, 0.5) is 0 Å². The van der Waals surface area contributed by atoms with Crippen molar-refractivity contribution < 1.29 is 15.0 Å². The number of hydrogen-bond acceptors (Lipinski definition) is 3. The zero-order valence-corrected chi connectivity index (χ0v) is 10.8. The second-order valence-corrected chi connectivity index (χ2v) is 5.05. The number of carbonyl (C=O) groups is 1. The first kappa shape index (κ1) is 14.4. The molecule has 0 aromatic rings. The first-order chi connectivity index (χ1) is 8.06. The second kappa shape index (κ2) is 6.92. The van der Waals surface area contributed by atoms with Crippen molar-refractivity contribution >= 4 is 5.78 Å². The van der Waals surface area contributed by atoms with Gasteiger partial charge in [-0.05, 0) is 6.42 Å². The highest BCUT2D eigenvalue weighted by Crippen LogP contribution is 2.30. The molecule has 0 aromatic heterocycles. The van der Waals surface area contributed by atoms with Crippen molar-refractivity contribution in [1.82, 2.24) is 0 Å². The number of carbonyl (C=O) groups excluding carboxylic acids is 1. The Morgan fingerprint density at radius 1 is 1.47 bits per heavy atom. The zero-order valence-electron chi connectivity index (χ0n) is 10.8. The fourth-order valence-electron chi connectivity index (χ4n) is 2.33. The van der Waals surface area contributed by atoms with Crippen molar-refractivity contribution in [3.05, 3.63) is 12.2 Å². The third kappa shape index (κ3) is 4.25. The summed E-state index contributed by atoms with van der Waals surface area (Å²) in [4.78, 5) is 11.4. The second-order valence-electron chi connectivity index (χ2n) is 5.05. The van der Waals surface area contributed by atoms with Crippen LogP contribution in [0.25, 0.3) is 0 Å². The van der Waals surface area contributed by atoms with E-state index in [1.807, 2.05) is 13.0 Å². The molecule has 0 bridgehead atoms. The molecule has 0 amide bonds. The average molecular weight is 240 g/mol. The van der Waals surface area contributed by atoms with Gasteiger partial charge in [-0.2, -0.15) is 0 Å². The van der Waals surface area contributed by atoms with Crippen LogP contribution in [0.5, 0.6) is 0 Å². The van der Waals surface area contributed by atoms with Crippen LogP contribution in [0.3, 0.4) is 0 Å². The van der Waals surface area contributed by atoms with Gasteiger partial charge in [-0.25, -0.2) is 0 Å². The zero-order chi connectivity index (χ0) is 12.8. The summed E-state index contributed by atoms with van der Waals surface area (Å²) >= 11 is 0. The minimum atomic E-state index is -0.573. The van der Waals surface area contributed by atoms with Crippen molar-refractivity contribution in [3.63, 3.8) is 0 Å². The van der Waals surface area contributed by atoms with Gasteiger partial charge >= 0.3 is 0 Å². The van der Waals surface area contributed by atoms with Crippen molar-refractivity contribution in [2.45, 2.75) is 58.2 Å². The highest BCUT2D eigenvalue weighted by molar-refractivity contribution is 5.84. The fourth-order valence-corrected chi connectivity index (χ4v) is 2.33. The van der Waals surface area contributed by atoms with Gasteiger partial charge in [0.1, 0.15) is 5.78 Å². The fraction of sp³-hybridized carbons (Fsp3) is 0.786. The molecule has 1 saturated carbocycles. The number of unbranched alkanes of at least 4 members (excludes halogenated alkanes) is 2. The van der Waals surface area contributed by atoms with E-state index in [1.54, 1.807) is 6.08 Å². The monoisotopic (exact) mass is 240 g/mol. The van der Waals surface area contributed by atoms with E-state index in [0.29, 0.717) is 0 Å². The number of Topliss-reactive ketones (excluding diaryl/α,β-unsaturated/α-hetero) is 1. The molecular weight excluding hydrogens is 216 g/mol. The van der Waals surface area contributed by atoms with Gasteiger partial charge < -0.3 is 10.2 Å². The Kier molecular flexibility index (Phi) is 5.86. The number of aliphatic hydroxyl groups excluding tert-OH is 2. The summed E-state index contributed by atoms with van der Waals surface area (Å²) < 4.78 is 0. The summed E-state index contributed by atoms with van der Waals surface area (Å²) in [5.74, 6) is -0.125. The van der Waals surface area contributed by atoms with Crippen molar-refractivity contribution in [2.75, 3.05) is 0 Å². The van der Waals surface area contributed by atoms with Gasteiger partial charge in [0.2, 0.25) is 0 Å². The van der Waals surface area contributed by atoms with E-state index < -0.39 is 12.2 Å². The number of ketones is 1. The van der Waals surface area contributed by atoms with Crippen LogP contribution in [-0.4, -0.2) is 28.2 Å². The van der Waals surface area contributed by atoms with Gasteiger partial charge in [-0.1, -0.05) is 45.3 Å². The van der Waals surface area contributed by atoms with Gasteiger partial charge in [0.05, 0.1) is 12.2 Å². The molecular formula is C14H24O3. The average Bonchev–Trinajstić information content (AvgIpc) is 2.51. The Balaban J connectivity index is 2.39. The first-order valence-corrected chi connectivity index (χ1v) is 6.63. The highest BCUT2D eigenvalue weighted by Gasteiger charge is 2.36. The maximum atomic E-state index is 11.4. The Labute approximate surface area is 104 Å². The van der Waals surface area contributed by atoms with E-state index >= 15 is 0 Å². The summed E-state index contributed by atoms with van der Waals surface area (Å²) in [7, 11) is 0. The largest absolute Gasteiger partial charge is 0.392 e. The predicted molar refractivity (Wildman–Crippen MR) is 67.6 cm³/mol. The van der Waals surface area contributed by atoms with Gasteiger partial charge in [0.25, 0.3) is 0 Å². The van der Waals surface area contributed by atoms with Crippen LogP contribution in [0.1, 0.15) is 46.0 Å². The van der Waals surface area contributed by atoms with E-state index in [9.17, 15) is 15.0 Å². The normalized spacial score (nSPS) is 31.3. The maximum Gasteiger partial charge on any atom is 0.138 e. The van der Waals surface area contributed by atoms with E-state index in [2.05, 4.69) is 6.92 Å². The molecule has 0 aromatic carbocycles. The first-order valence-electron chi connectivity index (χ1n) is 6.63. The molecule has 3 heteroatoms. The Hall–Kier alpha value is -0.670. The summed E-state index contributed by atoms with van der Waals surface area (Å²) in [6.07, 6.45) is 6.83. The van der Waals surface area contributed by atoms with E-state index in [1.165, 1.54) is 0 Å². The van der Waals surface area contributed by atoms with Crippen molar-refractivity contribution in [2.24, 2.45) is 11.8 Å². The summed E-state index contributed by atoms with van der Waals surface area (Å²) in [6, 6.07) is 0. The summed E-state index contributed by atoms with van der Waals surface area (Å²) in [5.41, 5.74) is 0. The minimum Gasteiger partial charge on any atom is -0.392 e. The number of aliphatic hydroxyl groups is 2. The molecule has 2 N–H and O–H groups in total. The molecule has 0 aliphatic heterocycles. The molecule has 3 nitrogen and oxygen atoms in total. The van der Waals surface area contributed by atoms with E-state index in [0.717, 1.165) is 25.7 Å². The van der Waals surface area contributed by atoms with E-state index in [-0.39, 0.29) is 24.0 Å². The topological polar surface area (TPSA) is 57.5 Å². The SMILES string of the molecule is CCCCC[C@H](O)/C=C/[C@H]1[C@H](O)CC(=O)[C@@H]1C. The molecule has 0 saturated heterocycles. The van der Waals surface area contributed by atoms with Gasteiger partial charge in [0.15, 0.2) is 0 Å². The molecule has 1 aliphatic rings. The highest BCUT2D eigenvalue weighted by atomic mass is 16.3. The van der Waals surface area contributed by atoms with Crippen LogP contribution in [0.15, 0.2) is 12.2 Å². The molecule has 0 unspecified atom stereocenters. The van der Waals surface area contributed by atoms with Gasteiger partial charge in [0, 0.05) is 18.3 Å². The Morgan fingerprint density at radius 2 is 2.18 bits per heavy atom. The molecule has 17 heavy (non-hydrogen) atoms. The lowest BCUT2D eigenvalue weighted by atomic mass is 9.95. The smallest absolute Gasteiger partial charge is 0.138 e. The summed E-state index contributed by atoms with van der Waals surface area (Å²) in [6.45, 7) is 3.97. The van der Waals surface area contributed by atoms with Crippen molar-refractivity contribution in [1.29, 1.82) is 0 Å². The Bertz CT molecular complexity index is 273. The predicted octanol–water partition coefficient (Wildman–Crippen LogP) is 2.07. The molecule has 98 valence electrons. The third-order valence-electron chi connectivity index (χ3n) is 3.60. The van der Waals surface area contributed by atoms with Gasteiger partial charge in [-0.15, -0.1) is 0 Å². The van der Waals surface area contributed by atoms with Crippen LogP contribution in [0, 0.1) is 11.8 Å². The molecule has 1 rings (SSSR count). The quantitative estimate of drug-likeness (QED) is 0.552. The maximum absolute atomic E-state index is 11.4. The lowest BCUT2D eigenvalue weighted by Crippen LogP contribution is -2.16. The Morgan fingerprint density at radius 3 is 2.71 bits per heavy atom. The summed E-state index contributed by atoms with van der Waals surface area (Å²) in [5, 5.41) is 19.4. The standard InChI is InChI=1S/C14H24O3/c1-3-4-5-6-11(15)7-8-12-10(2)13(16)9-14(12)17/h7-8,10-12,14-15,17H,3-6,9H2,1-2H3/b8-7+/t10-,11+,12-,14-/m1/s1. The van der Waals surface area contributed by atoms with Crippen LogP contribution >= 0.6 is 0 Å². The molecule has 1 aliphatic carbocycles. The third-order valence-corrected chi connectivity index (χ3v) is 3.60. The van der Waals surface area contributed by atoms with E-state index in [4.69, 9.17) is 0 Å². The van der Waals surface area contributed by atoms with Gasteiger partial charge in [-0.3, -0.25) is 4.79 Å². The lowest BCUT2D eigenvalue weighted by molar-refractivity contribution is -0.120.